The Bertz CT molecular complexity index is 770. The first kappa shape index (κ1) is 16.6. The maximum atomic E-state index is 12.8. The standard InChI is InChI=1S/C17H21N5O4/c1-24-15-16(19-6-5-18-15)26-12-4-2-7-21(11-12)17(23)13-10-14-22(20-13)8-3-9-25-14/h5-6,10,12H,2-4,7-9,11H2,1H3. The van der Waals surface area contributed by atoms with Crippen LogP contribution in [0, 0.1) is 0 Å². The molecule has 138 valence electrons. The molecular weight excluding hydrogens is 338 g/mol. The molecule has 1 fully saturated rings. The van der Waals surface area contributed by atoms with E-state index in [1.165, 1.54) is 7.11 Å². The summed E-state index contributed by atoms with van der Waals surface area (Å²) in [7, 11) is 1.52. The number of carbonyl (C=O) groups excluding carboxylic acids is 1. The van der Waals surface area contributed by atoms with E-state index in [1.807, 2.05) is 0 Å². The van der Waals surface area contributed by atoms with E-state index in [-0.39, 0.29) is 12.0 Å². The highest BCUT2D eigenvalue weighted by atomic mass is 16.5. The average Bonchev–Trinajstić information content (AvgIpc) is 3.12. The molecule has 0 N–H and O–H groups in total. The van der Waals surface area contributed by atoms with Gasteiger partial charge in [-0.3, -0.25) is 4.79 Å². The topological polar surface area (TPSA) is 91.6 Å². The number of rotatable bonds is 4. The second kappa shape index (κ2) is 7.19. The Kier molecular flexibility index (Phi) is 4.59. The molecule has 0 bridgehead atoms. The summed E-state index contributed by atoms with van der Waals surface area (Å²) in [5.74, 6) is 1.25. The Morgan fingerprint density at radius 3 is 2.88 bits per heavy atom. The number of nitrogens with zero attached hydrogens (tertiary/aromatic N) is 5. The molecule has 2 aromatic rings. The number of fused-ring (bicyclic) bond motifs is 1. The monoisotopic (exact) mass is 359 g/mol. The SMILES string of the molecule is COc1nccnc1OC1CCCN(C(=O)c2cc3n(n2)CCCO3)C1. The lowest BCUT2D eigenvalue weighted by atomic mass is 10.1. The van der Waals surface area contributed by atoms with Crippen LogP contribution in [0.3, 0.4) is 0 Å². The van der Waals surface area contributed by atoms with Gasteiger partial charge in [0, 0.05) is 38.0 Å². The van der Waals surface area contributed by atoms with Crippen molar-refractivity contribution >= 4 is 5.91 Å². The fraction of sp³-hybridized carbons (Fsp3) is 0.529. The predicted octanol–water partition coefficient (Wildman–Crippen LogP) is 1.15. The summed E-state index contributed by atoms with van der Waals surface area (Å²) in [4.78, 5) is 22.8. The van der Waals surface area contributed by atoms with E-state index < -0.39 is 0 Å². The molecule has 0 spiro atoms. The normalized spacial score (nSPS) is 19.4. The van der Waals surface area contributed by atoms with Crippen molar-refractivity contribution in [2.45, 2.75) is 31.9 Å². The van der Waals surface area contributed by atoms with Gasteiger partial charge in [-0.1, -0.05) is 0 Å². The Morgan fingerprint density at radius 1 is 1.23 bits per heavy atom. The van der Waals surface area contributed by atoms with E-state index >= 15 is 0 Å². The molecule has 2 aromatic heterocycles. The summed E-state index contributed by atoms with van der Waals surface area (Å²) in [6.07, 6.45) is 5.54. The number of methoxy groups -OCH3 is 1. The van der Waals surface area contributed by atoms with Crippen LogP contribution in [0.25, 0.3) is 0 Å². The van der Waals surface area contributed by atoms with Gasteiger partial charge in [0.1, 0.15) is 6.10 Å². The zero-order valence-electron chi connectivity index (χ0n) is 14.6. The largest absolute Gasteiger partial charge is 0.478 e. The average molecular weight is 359 g/mol. The lowest BCUT2D eigenvalue weighted by Gasteiger charge is -2.32. The van der Waals surface area contributed by atoms with Gasteiger partial charge in [-0.05, 0) is 12.8 Å². The van der Waals surface area contributed by atoms with E-state index in [9.17, 15) is 4.79 Å². The third-order valence-electron chi connectivity index (χ3n) is 4.50. The summed E-state index contributed by atoms with van der Waals surface area (Å²) in [5.41, 5.74) is 0.416. The molecule has 0 aliphatic carbocycles. The summed E-state index contributed by atoms with van der Waals surface area (Å²) >= 11 is 0. The molecule has 4 rings (SSSR count). The molecule has 0 aromatic carbocycles. The lowest BCUT2D eigenvalue weighted by Crippen LogP contribution is -2.44. The van der Waals surface area contributed by atoms with E-state index in [0.29, 0.717) is 43.0 Å². The molecule has 0 saturated carbocycles. The number of aromatic nitrogens is 4. The molecule has 0 radical (unpaired) electrons. The van der Waals surface area contributed by atoms with Crippen LogP contribution < -0.4 is 14.2 Å². The van der Waals surface area contributed by atoms with Crippen molar-refractivity contribution in [2.24, 2.45) is 0 Å². The third kappa shape index (κ3) is 3.29. The van der Waals surface area contributed by atoms with Gasteiger partial charge in [-0.25, -0.2) is 14.6 Å². The van der Waals surface area contributed by atoms with Gasteiger partial charge < -0.3 is 19.1 Å². The van der Waals surface area contributed by atoms with E-state index in [0.717, 1.165) is 25.8 Å². The number of likely N-dealkylation sites (tertiary alicyclic amines) is 1. The predicted molar refractivity (Wildman–Crippen MR) is 90.5 cm³/mol. The van der Waals surface area contributed by atoms with Crippen LogP contribution in [-0.2, 0) is 6.54 Å². The van der Waals surface area contributed by atoms with Gasteiger partial charge in [-0.2, -0.15) is 5.10 Å². The number of amides is 1. The summed E-state index contributed by atoms with van der Waals surface area (Å²) < 4.78 is 18.4. The van der Waals surface area contributed by atoms with Gasteiger partial charge in [0.2, 0.25) is 5.88 Å². The van der Waals surface area contributed by atoms with Crippen molar-refractivity contribution in [1.82, 2.24) is 24.6 Å². The van der Waals surface area contributed by atoms with Gasteiger partial charge in [0.05, 0.1) is 20.3 Å². The minimum Gasteiger partial charge on any atom is -0.478 e. The minimum atomic E-state index is -0.160. The number of carbonyl (C=O) groups is 1. The third-order valence-corrected chi connectivity index (χ3v) is 4.50. The molecule has 1 atom stereocenters. The maximum absolute atomic E-state index is 12.8. The van der Waals surface area contributed by atoms with Crippen LogP contribution >= 0.6 is 0 Å². The summed E-state index contributed by atoms with van der Waals surface area (Å²) in [6.45, 7) is 2.60. The number of ether oxygens (including phenoxy) is 3. The van der Waals surface area contributed by atoms with Crippen LogP contribution in [0.1, 0.15) is 29.8 Å². The summed E-state index contributed by atoms with van der Waals surface area (Å²) in [6, 6.07) is 1.72. The number of hydrogen-bond acceptors (Lipinski definition) is 7. The van der Waals surface area contributed by atoms with Crippen molar-refractivity contribution in [3.8, 4) is 17.6 Å². The summed E-state index contributed by atoms with van der Waals surface area (Å²) in [5, 5.41) is 4.38. The Balaban J connectivity index is 1.44. The van der Waals surface area contributed by atoms with Crippen molar-refractivity contribution in [1.29, 1.82) is 0 Å². The van der Waals surface area contributed by atoms with Gasteiger partial charge >= 0.3 is 0 Å². The fourth-order valence-corrected chi connectivity index (χ4v) is 3.24. The smallest absolute Gasteiger partial charge is 0.278 e. The molecule has 9 heteroatoms. The number of aryl methyl sites for hydroxylation is 1. The van der Waals surface area contributed by atoms with Crippen molar-refractivity contribution in [3.05, 3.63) is 24.2 Å². The molecule has 1 amide bonds. The first-order chi connectivity index (χ1) is 12.7. The second-order valence-electron chi connectivity index (χ2n) is 6.30. The highest BCUT2D eigenvalue weighted by molar-refractivity contribution is 5.92. The van der Waals surface area contributed by atoms with Gasteiger partial charge in [0.15, 0.2) is 5.69 Å². The molecule has 2 aliphatic rings. The van der Waals surface area contributed by atoms with Crippen molar-refractivity contribution < 1.29 is 19.0 Å². The first-order valence-electron chi connectivity index (χ1n) is 8.76. The highest BCUT2D eigenvalue weighted by Gasteiger charge is 2.29. The molecule has 2 aliphatic heterocycles. The molecular formula is C17H21N5O4. The second-order valence-corrected chi connectivity index (χ2v) is 6.30. The van der Waals surface area contributed by atoms with Crippen LogP contribution in [0.4, 0.5) is 0 Å². The van der Waals surface area contributed by atoms with Crippen molar-refractivity contribution in [2.75, 3.05) is 26.8 Å². The van der Waals surface area contributed by atoms with E-state index in [4.69, 9.17) is 14.2 Å². The molecule has 1 unspecified atom stereocenters. The van der Waals surface area contributed by atoms with Crippen LogP contribution in [-0.4, -0.2) is 63.5 Å². The molecule has 26 heavy (non-hydrogen) atoms. The maximum Gasteiger partial charge on any atom is 0.278 e. The molecule has 1 saturated heterocycles. The van der Waals surface area contributed by atoms with E-state index in [1.54, 1.807) is 28.0 Å². The van der Waals surface area contributed by atoms with Crippen LogP contribution in [0.5, 0.6) is 17.6 Å². The Hall–Kier alpha value is -2.84. The Labute approximate surface area is 150 Å². The first-order valence-corrected chi connectivity index (χ1v) is 8.76. The van der Waals surface area contributed by atoms with Crippen molar-refractivity contribution in [3.63, 3.8) is 0 Å². The molecule has 4 heterocycles. The van der Waals surface area contributed by atoms with Gasteiger partial charge in [-0.15, -0.1) is 0 Å². The number of hydrogen-bond donors (Lipinski definition) is 0. The minimum absolute atomic E-state index is 0.102. The Morgan fingerprint density at radius 2 is 2.08 bits per heavy atom. The highest BCUT2D eigenvalue weighted by Crippen LogP contribution is 2.25. The number of piperidine rings is 1. The van der Waals surface area contributed by atoms with Crippen LogP contribution in [0.15, 0.2) is 18.5 Å². The fourth-order valence-electron chi connectivity index (χ4n) is 3.24. The zero-order chi connectivity index (χ0) is 17.9. The molecule has 9 nitrogen and oxygen atoms in total. The van der Waals surface area contributed by atoms with Gasteiger partial charge in [0.25, 0.3) is 17.7 Å². The van der Waals surface area contributed by atoms with Crippen LogP contribution in [0.2, 0.25) is 0 Å². The zero-order valence-corrected chi connectivity index (χ0v) is 14.6. The van der Waals surface area contributed by atoms with E-state index in [2.05, 4.69) is 15.1 Å². The lowest BCUT2D eigenvalue weighted by molar-refractivity contribution is 0.0513. The quantitative estimate of drug-likeness (QED) is 0.808.